The lowest BCUT2D eigenvalue weighted by Gasteiger charge is -2.09. The molecule has 0 fully saturated rings. The number of hydrogen-bond donors (Lipinski definition) is 2. The van der Waals surface area contributed by atoms with Crippen molar-refractivity contribution in [1.82, 2.24) is 0 Å². The number of ether oxygens (including phenoxy) is 1. The Balaban J connectivity index is 1.56. The highest BCUT2D eigenvalue weighted by molar-refractivity contribution is 6.30. The third-order valence-corrected chi connectivity index (χ3v) is 3.86. The molecular weight excluding hydrogens is 322 g/mol. The van der Waals surface area contributed by atoms with E-state index in [-0.39, 0.29) is 6.61 Å². The summed E-state index contributed by atoms with van der Waals surface area (Å²) in [7, 11) is 0. The van der Waals surface area contributed by atoms with Gasteiger partial charge in [-0.25, -0.2) is 0 Å². The molecule has 122 valence electrons. The number of benzene rings is 3. The van der Waals surface area contributed by atoms with Crippen molar-refractivity contribution in [2.75, 3.05) is 5.32 Å². The fraction of sp³-hybridized carbons (Fsp3) is 0.100. The van der Waals surface area contributed by atoms with Gasteiger partial charge in [0.05, 0.1) is 6.61 Å². The van der Waals surface area contributed by atoms with Crippen molar-refractivity contribution < 1.29 is 9.84 Å². The van der Waals surface area contributed by atoms with Crippen LogP contribution in [0.3, 0.4) is 0 Å². The topological polar surface area (TPSA) is 41.5 Å². The highest BCUT2D eigenvalue weighted by atomic mass is 35.5. The Labute approximate surface area is 146 Å². The molecule has 0 aliphatic heterocycles. The van der Waals surface area contributed by atoms with E-state index >= 15 is 0 Å². The number of nitrogens with one attached hydrogen (secondary N) is 1. The standard InChI is InChI=1S/C20H18ClNO2/c21-17-5-9-19(10-6-17)24-20-11-7-18(8-12-20)22-13-15-1-3-16(14-23)4-2-15/h1-12,22-23H,13-14H2. The molecule has 0 unspecified atom stereocenters. The molecule has 3 aromatic carbocycles. The Morgan fingerprint density at radius 2 is 1.29 bits per heavy atom. The van der Waals surface area contributed by atoms with Gasteiger partial charge in [0, 0.05) is 17.3 Å². The van der Waals surface area contributed by atoms with Crippen molar-refractivity contribution in [3.05, 3.63) is 88.9 Å². The molecule has 0 atom stereocenters. The Bertz CT molecular complexity index is 768. The van der Waals surface area contributed by atoms with Gasteiger partial charge in [-0.1, -0.05) is 35.9 Å². The van der Waals surface area contributed by atoms with Crippen molar-refractivity contribution in [3.63, 3.8) is 0 Å². The zero-order chi connectivity index (χ0) is 16.8. The molecule has 0 aliphatic carbocycles. The van der Waals surface area contributed by atoms with Crippen LogP contribution in [0.5, 0.6) is 11.5 Å². The first kappa shape index (κ1) is 16.4. The number of rotatable bonds is 6. The third-order valence-electron chi connectivity index (χ3n) is 3.61. The summed E-state index contributed by atoms with van der Waals surface area (Å²) >= 11 is 5.86. The SMILES string of the molecule is OCc1ccc(CNc2ccc(Oc3ccc(Cl)cc3)cc2)cc1. The van der Waals surface area contributed by atoms with Gasteiger partial charge in [-0.2, -0.15) is 0 Å². The van der Waals surface area contributed by atoms with Crippen LogP contribution in [0.15, 0.2) is 72.8 Å². The maximum absolute atomic E-state index is 9.05. The summed E-state index contributed by atoms with van der Waals surface area (Å²) in [5.74, 6) is 1.53. The van der Waals surface area contributed by atoms with Gasteiger partial charge in [-0.15, -0.1) is 0 Å². The lowest BCUT2D eigenvalue weighted by atomic mass is 10.1. The van der Waals surface area contributed by atoms with Gasteiger partial charge in [0.15, 0.2) is 0 Å². The summed E-state index contributed by atoms with van der Waals surface area (Å²) in [6, 6.07) is 23.0. The molecule has 0 saturated heterocycles. The largest absolute Gasteiger partial charge is 0.457 e. The maximum Gasteiger partial charge on any atom is 0.127 e. The minimum atomic E-state index is 0.0722. The summed E-state index contributed by atoms with van der Waals surface area (Å²) in [6.45, 7) is 0.798. The Kier molecular flexibility index (Phi) is 5.36. The molecule has 3 rings (SSSR count). The lowest BCUT2D eigenvalue weighted by molar-refractivity contribution is 0.282. The van der Waals surface area contributed by atoms with Gasteiger partial charge in [0.25, 0.3) is 0 Å². The molecule has 0 bridgehead atoms. The molecule has 2 N–H and O–H groups in total. The number of hydrogen-bond acceptors (Lipinski definition) is 3. The summed E-state index contributed by atoms with van der Waals surface area (Å²) in [5.41, 5.74) is 3.10. The quantitative estimate of drug-likeness (QED) is 0.645. The van der Waals surface area contributed by atoms with E-state index in [1.54, 1.807) is 12.1 Å². The molecule has 24 heavy (non-hydrogen) atoms. The van der Waals surface area contributed by atoms with Crippen molar-refractivity contribution >= 4 is 17.3 Å². The normalized spacial score (nSPS) is 10.4. The molecule has 0 saturated carbocycles. The van der Waals surface area contributed by atoms with Crippen molar-refractivity contribution in [2.45, 2.75) is 13.2 Å². The smallest absolute Gasteiger partial charge is 0.127 e. The monoisotopic (exact) mass is 339 g/mol. The van der Waals surface area contributed by atoms with Crippen molar-refractivity contribution in [2.24, 2.45) is 0 Å². The van der Waals surface area contributed by atoms with E-state index in [1.165, 1.54) is 0 Å². The molecule has 0 spiro atoms. The molecular formula is C20H18ClNO2. The first-order valence-corrected chi connectivity index (χ1v) is 8.07. The number of halogens is 1. The van der Waals surface area contributed by atoms with Gasteiger partial charge in [0.2, 0.25) is 0 Å². The van der Waals surface area contributed by atoms with Crippen LogP contribution in [0.4, 0.5) is 5.69 Å². The Morgan fingerprint density at radius 3 is 1.88 bits per heavy atom. The van der Waals surface area contributed by atoms with E-state index in [2.05, 4.69) is 5.32 Å². The molecule has 0 amide bonds. The van der Waals surface area contributed by atoms with Gasteiger partial charge in [0.1, 0.15) is 11.5 Å². The average Bonchev–Trinajstić information content (AvgIpc) is 2.63. The third kappa shape index (κ3) is 4.51. The van der Waals surface area contributed by atoms with Crippen LogP contribution in [0.25, 0.3) is 0 Å². The van der Waals surface area contributed by atoms with Crippen LogP contribution in [0.2, 0.25) is 5.02 Å². The molecule has 0 aromatic heterocycles. The van der Waals surface area contributed by atoms with E-state index in [0.717, 1.165) is 34.9 Å². The van der Waals surface area contributed by atoms with Crippen molar-refractivity contribution in [1.29, 1.82) is 0 Å². The first-order chi connectivity index (χ1) is 11.7. The fourth-order valence-corrected chi connectivity index (χ4v) is 2.37. The van der Waals surface area contributed by atoms with Crippen LogP contribution >= 0.6 is 11.6 Å². The predicted molar refractivity (Wildman–Crippen MR) is 97.7 cm³/mol. The zero-order valence-corrected chi connectivity index (χ0v) is 13.8. The van der Waals surface area contributed by atoms with Crippen LogP contribution in [-0.4, -0.2) is 5.11 Å². The Hall–Kier alpha value is -2.49. The predicted octanol–water partition coefficient (Wildman–Crippen LogP) is 5.24. The minimum absolute atomic E-state index is 0.0722. The fourth-order valence-electron chi connectivity index (χ4n) is 2.25. The second-order valence-corrected chi connectivity index (χ2v) is 5.84. The molecule has 3 nitrogen and oxygen atoms in total. The van der Waals surface area contributed by atoms with Gasteiger partial charge in [-0.05, 0) is 59.7 Å². The second-order valence-electron chi connectivity index (χ2n) is 5.41. The highest BCUT2D eigenvalue weighted by Crippen LogP contribution is 2.24. The number of anilines is 1. The summed E-state index contributed by atoms with van der Waals surface area (Å²) in [4.78, 5) is 0. The number of aliphatic hydroxyl groups excluding tert-OH is 1. The molecule has 4 heteroatoms. The van der Waals surface area contributed by atoms with Crippen LogP contribution in [0.1, 0.15) is 11.1 Å². The van der Waals surface area contributed by atoms with Crippen molar-refractivity contribution in [3.8, 4) is 11.5 Å². The molecule has 0 aliphatic rings. The molecule has 0 radical (unpaired) electrons. The van der Waals surface area contributed by atoms with Gasteiger partial charge >= 0.3 is 0 Å². The van der Waals surface area contributed by atoms with E-state index in [1.807, 2.05) is 60.7 Å². The second kappa shape index (κ2) is 7.86. The maximum atomic E-state index is 9.05. The van der Waals surface area contributed by atoms with Crippen LogP contribution < -0.4 is 10.1 Å². The van der Waals surface area contributed by atoms with E-state index < -0.39 is 0 Å². The van der Waals surface area contributed by atoms with Crippen LogP contribution in [-0.2, 0) is 13.2 Å². The van der Waals surface area contributed by atoms with Gasteiger partial charge in [-0.3, -0.25) is 0 Å². The molecule has 3 aromatic rings. The summed E-state index contributed by atoms with van der Waals surface area (Å²) < 4.78 is 5.77. The van der Waals surface area contributed by atoms with Gasteiger partial charge < -0.3 is 15.2 Å². The minimum Gasteiger partial charge on any atom is -0.457 e. The summed E-state index contributed by atoms with van der Waals surface area (Å²) in [5, 5.41) is 13.1. The van der Waals surface area contributed by atoms with Crippen LogP contribution in [0, 0.1) is 0 Å². The first-order valence-electron chi connectivity index (χ1n) is 7.69. The number of aliphatic hydroxyl groups is 1. The lowest BCUT2D eigenvalue weighted by Crippen LogP contribution is -1.99. The zero-order valence-electron chi connectivity index (χ0n) is 13.1. The molecule has 0 heterocycles. The van der Waals surface area contributed by atoms with E-state index in [4.69, 9.17) is 21.4 Å². The average molecular weight is 340 g/mol. The van der Waals surface area contributed by atoms with E-state index in [0.29, 0.717) is 5.02 Å². The summed E-state index contributed by atoms with van der Waals surface area (Å²) in [6.07, 6.45) is 0. The Morgan fingerprint density at radius 1 is 0.750 bits per heavy atom. The van der Waals surface area contributed by atoms with E-state index in [9.17, 15) is 0 Å². The highest BCUT2D eigenvalue weighted by Gasteiger charge is 1.99.